The van der Waals surface area contributed by atoms with Crippen LogP contribution >= 0.6 is 11.6 Å². The molecule has 0 unspecified atom stereocenters. The number of nitrogens with zero attached hydrogens (tertiary/aromatic N) is 1. The minimum Gasteiger partial charge on any atom is -0.323 e. The van der Waals surface area contributed by atoms with Crippen LogP contribution in [-0.2, 0) is 14.8 Å². The SMILES string of the molecule is CN(c1ccccc1)S(=O)(=O)c1ccc(NC(=O)/C=C\c2ccccc2Cl)cc1. The van der Waals surface area contributed by atoms with Crippen molar-refractivity contribution in [2.75, 3.05) is 16.7 Å². The smallest absolute Gasteiger partial charge is 0.264 e. The van der Waals surface area contributed by atoms with E-state index in [1.165, 1.54) is 29.6 Å². The van der Waals surface area contributed by atoms with Crippen molar-refractivity contribution in [3.8, 4) is 0 Å². The maximum atomic E-state index is 12.8. The van der Waals surface area contributed by atoms with Crippen molar-refractivity contribution in [3.63, 3.8) is 0 Å². The second-order valence-electron chi connectivity index (χ2n) is 6.18. The molecule has 0 aliphatic heterocycles. The standard InChI is InChI=1S/C22H19ClN2O3S/c1-25(19-8-3-2-4-9-19)29(27,28)20-14-12-18(13-15-20)24-22(26)16-11-17-7-5-6-10-21(17)23/h2-16H,1H3,(H,24,26)/b16-11-. The van der Waals surface area contributed by atoms with Gasteiger partial charge in [0.15, 0.2) is 0 Å². The van der Waals surface area contributed by atoms with Crippen LogP contribution < -0.4 is 9.62 Å². The van der Waals surface area contributed by atoms with Crippen molar-refractivity contribution in [1.82, 2.24) is 0 Å². The van der Waals surface area contributed by atoms with Gasteiger partial charge in [0.05, 0.1) is 10.6 Å². The molecule has 3 aromatic rings. The van der Waals surface area contributed by atoms with Gasteiger partial charge in [-0.3, -0.25) is 9.10 Å². The van der Waals surface area contributed by atoms with E-state index in [0.717, 1.165) is 5.56 Å². The van der Waals surface area contributed by atoms with Crippen LogP contribution in [0.15, 0.2) is 89.8 Å². The van der Waals surface area contributed by atoms with Crippen LogP contribution in [0.1, 0.15) is 5.56 Å². The number of benzene rings is 3. The van der Waals surface area contributed by atoms with Crippen molar-refractivity contribution in [2.24, 2.45) is 0 Å². The van der Waals surface area contributed by atoms with E-state index in [0.29, 0.717) is 16.4 Å². The molecule has 0 fully saturated rings. The molecule has 1 N–H and O–H groups in total. The minimum atomic E-state index is -3.70. The Balaban J connectivity index is 1.70. The van der Waals surface area contributed by atoms with E-state index in [-0.39, 0.29) is 10.8 Å². The monoisotopic (exact) mass is 426 g/mol. The van der Waals surface area contributed by atoms with Crippen LogP contribution in [0.3, 0.4) is 0 Å². The first-order valence-corrected chi connectivity index (χ1v) is 10.6. The van der Waals surface area contributed by atoms with Crippen molar-refractivity contribution in [1.29, 1.82) is 0 Å². The zero-order valence-electron chi connectivity index (χ0n) is 15.6. The Morgan fingerprint density at radius 2 is 1.55 bits per heavy atom. The first-order valence-electron chi connectivity index (χ1n) is 8.75. The van der Waals surface area contributed by atoms with Gasteiger partial charge >= 0.3 is 0 Å². The van der Waals surface area contributed by atoms with Crippen molar-refractivity contribution in [3.05, 3.63) is 95.5 Å². The van der Waals surface area contributed by atoms with Gasteiger partial charge in [-0.05, 0) is 54.1 Å². The van der Waals surface area contributed by atoms with E-state index in [1.807, 2.05) is 18.2 Å². The van der Waals surface area contributed by atoms with Gasteiger partial charge in [0.2, 0.25) is 5.91 Å². The first kappa shape index (κ1) is 20.6. The number of nitrogens with one attached hydrogen (secondary N) is 1. The number of carbonyl (C=O) groups is 1. The Kier molecular flexibility index (Phi) is 6.36. The highest BCUT2D eigenvalue weighted by Gasteiger charge is 2.21. The molecule has 7 heteroatoms. The summed E-state index contributed by atoms with van der Waals surface area (Å²) in [5, 5.41) is 3.24. The van der Waals surface area contributed by atoms with Gasteiger partial charge in [0, 0.05) is 23.8 Å². The van der Waals surface area contributed by atoms with Crippen LogP contribution in [-0.4, -0.2) is 21.4 Å². The molecule has 0 atom stereocenters. The van der Waals surface area contributed by atoms with Gasteiger partial charge in [-0.25, -0.2) is 8.42 Å². The molecule has 1 amide bonds. The van der Waals surface area contributed by atoms with E-state index in [2.05, 4.69) is 5.32 Å². The van der Waals surface area contributed by atoms with E-state index in [1.54, 1.807) is 54.6 Å². The summed E-state index contributed by atoms with van der Waals surface area (Å²) in [5.41, 5.74) is 1.78. The second-order valence-corrected chi connectivity index (χ2v) is 8.55. The molecule has 0 aliphatic rings. The second kappa shape index (κ2) is 8.94. The summed E-state index contributed by atoms with van der Waals surface area (Å²) in [6.45, 7) is 0. The van der Waals surface area contributed by atoms with E-state index in [4.69, 9.17) is 11.6 Å². The Labute approximate surface area is 175 Å². The molecule has 0 aromatic heterocycles. The highest BCUT2D eigenvalue weighted by atomic mass is 35.5. The van der Waals surface area contributed by atoms with Gasteiger partial charge in [0.25, 0.3) is 10.0 Å². The quantitative estimate of drug-likeness (QED) is 0.575. The van der Waals surface area contributed by atoms with E-state index < -0.39 is 10.0 Å². The molecule has 3 aromatic carbocycles. The predicted octanol–water partition coefficient (Wildman–Crippen LogP) is 4.82. The van der Waals surface area contributed by atoms with E-state index >= 15 is 0 Å². The molecule has 5 nitrogen and oxygen atoms in total. The maximum absolute atomic E-state index is 12.8. The fourth-order valence-electron chi connectivity index (χ4n) is 2.60. The van der Waals surface area contributed by atoms with Crippen LogP contribution in [0.25, 0.3) is 6.08 Å². The molecule has 0 bridgehead atoms. The van der Waals surface area contributed by atoms with Gasteiger partial charge in [-0.15, -0.1) is 0 Å². The third-order valence-electron chi connectivity index (χ3n) is 4.22. The number of anilines is 2. The van der Waals surface area contributed by atoms with Crippen molar-refractivity contribution in [2.45, 2.75) is 4.90 Å². The van der Waals surface area contributed by atoms with Gasteiger partial charge in [-0.1, -0.05) is 48.0 Å². The Hall–Kier alpha value is -3.09. The lowest BCUT2D eigenvalue weighted by Crippen LogP contribution is -2.26. The zero-order chi connectivity index (χ0) is 20.9. The van der Waals surface area contributed by atoms with E-state index in [9.17, 15) is 13.2 Å². The molecule has 0 radical (unpaired) electrons. The molecular weight excluding hydrogens is 408 g/mol. The number of hydrogen-bond donors (Lipinski definition) is 1. The van der Waals surface area contributed by atoms with Gasteiger partial charge in [0.1, 0.15) is 0 Å². The third kappa shape index (κ3) is 5.04. The summed E-state index contributed by atoms with van der Waals surface area (Å²) in [5.74, 6) is -0.345. The first-order chi connectivity index (χ1) is 13.9. The molecule has 0 saturated heterocycles. The fourth-order valence-corrected chi connectivity index (χ4v) is 4.00. The molecule has 0 spiro atoms. The van der Waals surface area contributed by atoms with Crippen LogP contribution in [0.5, 0.6) is 0 Å². The highest BCUT2D eigenvalue weighted by Crippen LogP contribution is 2.23. The summed E-state index contributed by atoms with van der Waals surface area (Å²) < 4.78 is 26.8. The average Bonchev–Trinajstić information content (AvgIpc) is 2.73. The molecule has 148 valence electrons. The maximum Gasteiger partial charge on any atom is 0.264 e. The normalized spacial score (nSPS) is 11.4. The Morgan fingerprint density at radius 1 is 0.931 bits per heavy atom. The average molecular weight is 427 g/mol. The van der Waals surface area contributed by atoms with Gasteiger partial charge in [-0.2, -0.15) is 0 Å². The van der Waals surface area contributed by atoms with Crippen molar-refractivity contribution >= 4 is 45.0 Å². The number of halogens is 1. The Morgan fingerprint density at radius 3 is 2.21 bits per heavy atom. The molecule has 29 heavy (non-hydrogen) atoms. The zero-order valence-corrected chi connectivity index (χ0v) is 17.2. The number of sulfonamides is 1. The summed E-state index contributed by atoms with van der Waals surface area (Å²) >= 11 is 6.05. The molecule has 0 saturated carbocycles. The summed E-state index contributed by atoms with van der Waals surface area (Å²) in [6, 6.07) is 22.0. The van der Waals surface area contributed by atoms with Crippen LogP contribution in [0.4, 0.5) is 11.4 Å². The third-order valence-corrected chi connectivity index (χ3v) is 6.36. The summed E-state index contributed by atoms with van der Waals surface area (Å²) in [7, 11) is -2.20. The molecule has 3 rings (SSSR count). The summed E-state index contributed by atoms with van der Waals surface area (Å²) in [4.78, 5) is 12.2. The lowest BCUT2D eigenvalue weighted by atomic mass is 10.2. The molecule has 0 aliphatic carbocycles. The summed E-state index contributed by atoms with van der Waals surface area (Å²) in [6.07, 6.45) is 2.99. The minimum absolute atomic E-state index is 0.133. The predicted molar refractivity (Wildman–Crippen MR) is 118 cm³/mol. The lowest BCUT2D eigenvalue weighted by Gasteiger charge is -2.19. The lowest BCUT2D eigenvalue weighted by molar-refractivity contribution is -0.111. The van der Waals surface area contributed by atoms with Crippen molar-refractivity contribution < 1.29 is 13.2 Å². The number of amides is 1. The molecule has 0 heterocycles. The number of rotatable bonds is 6. The number of hydrogen-bond acceptors (Lipinski definition) is 3. The topological polar surface area (TPSA) is 66.5 Å². The van der Waals surface area contributed by atoms with Gasteiger partial charge < -0.3 is 5.32 Å². The van der Waals surface area contributed by atoms with Crippen LogP contribution in [0, 0.1) is 0 Å². The van der Waals surface area contributed by atoms with Crippen LogP contribution in [0.2, 0.25) is 5.02 Å². The largest absolute Gasteiger partial charge is 0.323 e. The number of carbonyl (C=O) groups excluding carboxylic acids is 1. The highest BCUT2D eigenvalue weighted by molar-refractivity contribution is 7.92. The molecular formula is C22H19ClN2O3S. The number of para-hydroxylation sites is 1. The fraction of sp³-hybridized carbons (Fsp3) is 0.0455. The Bertz CT molecular complexity index is 1130.